The number of anilines is 2. The van der Waals surface area contributed by atoms with Crippen LogP contribution in [0.4, 0.5) is 11.4 Å². The second-order valence-electron chi connectivity index (χ2n) is 5.96. The van der Waals surface area contributed by atoms with Gasteiger partial charge in [0.05, 0.1) is 0 Å². The van der Waals surface area contributed by atoms with Crippen molar-refractivity contribution in [3.05, 3.63) is 58.7 Å². The standard InChI is InChI=1S/C19H26N2/c1-14-8-15(2)11-18(10-14)20-6-5-7-21-19-12-16(3)9-17(4)13-19/h8-13,20-21H,5-7H2,1-4H3. The first-order valence-electron chi connectivity index (χ1n) is 7.67. The topological polar surface area (TPSA) is 24.1 Å². The van der Waals surface area contributed by atoms with Crippen LogP contribution in [-0.2, 0) is 0 Å². The van der Waals surface area contributed by atoms with Crippen LogP contribution in [0.25, 0.3) is 0 Å². The maximum atomic E-state index is 3.50. The van der Waals surface area contributed by atoms with E-state index in [-0.39, 0.29) is 0 Å². The van der Waals surface area contributed by atoms with Crippen molar-refractivity contribution in [3.63, 3.8) is 0 Å². The molecule has 0 aliphatic carbocycles. The van der Waals surface area contributed by atoms with Gasteiger partial charge >= 0.3 is 0 Å². The van der Waals surface area contributed by atoms with Gasteiger partial charge in [0.25, 0.3) is 0 Å². The van der Waals surface area contributed by atoms with Crippen LogP contribution in [-0.4, -0.2) is 13.1 Å². The summed E-state index contributed by atoms with van der Waals surface area (Å²) in [6.45, 7) is 10.5. The van der Waals surface area contributed by atoms with Crippen molar-refractivity contribution in [2.75, 3.05) is 23.7 Å². The molecule has 0 aliphatic rings. The minimum Gasteiger partial charge on any atom is -0.385 e. The minimum absolute atomic E-state index is 0.987. The highest BCUT2D eigenvalue weighted by Gasteiger charge is 1.97. The summed E-state index contributed by atoms with van der Waals surface area (Å²) in [4.78, 5) is 0. The average molecular weight is 282 g/mol. The van der Waals surface area contributed by atoms with Crippen LogP contribution in [0.15, 0.2) is 36.4 Å². The summed E-state index contributed by atoms with van der Waals surface area (Å²) in [5.74, 6) is 0. The van der Waals surface area contributed by atoms with Crippen LogP contribution in [0.2, 0.25) is 0 Å². The van der Waals surface area contributed by atoms with E-state index in [4.69, 9.17) is 0 Å². The van der Waals surface area contributed by atoms with Gasteiger partial charge in [-0.3, -0.25) is 0 Å². The molecule has 2 heteroatoms. The largest absolute Gasteiger partial charge is 0.385 e. The van der Waals surface area contributed by atoms with E-state index in [1.54, 1.807) is 0 Å². The fourth-order valence-electron chi connectivity index (χ4n) is 2.71. The maximum Gasteiger partial charge on any atom is 0.0345 e. The van der Waals surface area contributed by atoms with E-state index in [1.165, 1.54) is 33.6 Å². The third kappa shape index (κ3) is 5.14. The van der Waals surface area contributed by atoms with E-state index in [2.05, 4.69) is 74.7 Å². The number of hydrogen-bond acceptors (Lipinski definition) is 2. The van der Waals surface area contributed by atoms with Gasteiger partial charge < -0.3 is 10.6 Å². The van der Waals surface area contributed by atoms with E-state index in [0.717, 1.165) is 19.5 Å². The predicted molar refractivity (Wildman–Crippen MR) is 93.4 cm³/mol. The van der Waals surface area contributed by atoms with Gasteiger partial charge in [-0.25, -0.2) is 0 Å². The molecule has 0 spiro atoms. The summed E-state index contributed by atoms with van der Waals surface area (Å²) in [5.41, 5.74) is 7.69. The molecule has 2 aromatic rings. The Morgan fingerprint density at radius 3 is 1.24 bits per heavy atom. The summed E-state index contributed by atoms with van der Waals surface area (Å²) >= 11 is 0. The third-order valence-corrected chi connectivity index (χ3v) is 3.46. The Kier molecular flexibility index (Phi) is 5.26. The zero-order valence-corrected chi connectivity index (χ0v) is 13.6. The van der Waals surface area contributed by atoms with Crippen molar-refractivity contribution in [1.29, 1.82) is 0 Å². The van der Waals surface area contributed by atoms with Crippen LogP contribution in [0.3, 0.4) is 0 Å². The molecule has 0 saturated heterocycles. The van der Waals surface area contributed by atoms with Gasteiger partial charge in [0.15, 0.2) is 0 Å². The molecule has 0 saturated carbocycles. The molecule has 112 valence electrons. The lowest BCUT2D eigenvalue weighted by Gasteiger charge is -2.11. The van der Waals surface area contributed by atoms with E-state index in [0.29, 0.717) is 0 Å². The molecule has 0 amide bonds. The Morgan fingerprint density at radius 2 is 0.905 bits per heavy atom. The van der Waals surface area contributed by atoms with E-state index in [1.807, 2.05) is 0 Å². The Morgan fingerprint density at radius 1 is 0.571 bits per heavy atom. The van der Waals surface area contributed by atoms with Crippen molar-refractivity contribution >= 4 is 11.4 Å². The Labute approximate surface area is 128 Å². The number of nitrogens with one attached hydrogen (secondary N) is 2. The zero-order valence-electron chi connectivity index (χ0n) is 13.6. The molecule has 0 aliphatic heterocycles. The molecule has 2 rings (SSSR count). The molecule has 0 aromatic heterocycles. The number of aryl methyl sites for hydroxylation is 4. The van der Waals surface area contributed by atoms with Crippen molar-refractivity contribution < 1.29 is 0 Å². The molecular formula is C19H26N2. The van der Waals surface area contributed by atoms with Crippen LogP contribution in [0, 0.1) is 27.7 Å². The summed E-state index contributed by atoms with van der Waals surface area (Å²) in [5, 5.41) is 6.99. The van der Waals surface area contributed by atoms with Gasteiger partial charge in [-0.1, -0.05) is 12.1 Å². The quantitative estimate of drug-likeness (QED) is 0.741. The SMILES string of the molecule is Cc1cc(C)cc(NCCCNc2cc(C)cc(C)c2)c1. The van der Waals surface area contributed by atoms with E-state index in [9.17, 15) is 0 Å². The maximum absolute atomic E-state index is 3.50. The van der Waals surface area contributed by atoms with Gasteiger partial charge in [-0.15, -0.1) is 0 Å². The summed E-state index contributed by atoms with van der Waals surface area (Å²) in [7, 11) is 0. The second-order valence-corrected chi connectivity index (χ2v) is 5.96. The first-order chi connectivity index (χ1) is 10.0. The zero-order chi connectivity index (χ0) is 15.2. The highest BCUT2D eigenvalue weighted by atomic mass is 14.9. The average Bonchev–Trinajstić information content (AvgIpc) is 2.36. The molecule has 0 radical (unpaired) electrons. The monoisotopic (exact) mass is 282 g/mol. The fourth-order valence-corrected chi connectivity index (χ4v) is 2.71. The van der Waals surface area contributed by atoms with Crippen molar-refractivity contribution in [1.82, 2.24) is 0 Å². The molecular weight excluding hydrogens is 256 g/mol. The first kappa shape index (κ1) is 15.4. The molecule has 0 fully saturated rings. The normalized spacial score (nSPS) is 10.5. The Balaban J connectivity index is 1.74. The molecule has 2 nitrogen and oxygen atoms in total. The second kappa shape index (κ2) is 7.16. The lowest BCUT2D eigenvalue weighted by molar-refractivity contribution is 0.908. The van der Waals surface area contributed by atoms with Crippen molar-refractivity contribution in [2.24, 2.45) is 0 Å². The lowest BCUT2D eigenvalue weighted by Crippen LogP contribution is -2.09. The number of benzene rings is 2. The van der Waals surface area contributed by atoms with Crippen molar-refractivity contribution in [3.8, 4) is 0 Å². The van der Waals surface area contributed by atoms with Gasteiger partial charge in [-0.05, 0) is 80.6 Å². The number of hydrogen-bond donors (Lipinski definition) is 2. The summed E-state index contributed by atoms with van der Waals surface area (Å²) in [6.07, 6.45) is 1.10. The minimum atomic E-state index is 0.987. The summed E-state index contributed by atoms with van der Waals surface area (Å²) < 4.78 is 0. The smallest absolute Gasteiger partial charge is 0.0345 e. The van der Waals surface area contributed by atoms with E-state index < -0.39 is 0 Å². The van der Waals surface area contributed by atoms with E-state index >= 15 is 0 Å². The molecule has 2 aromatic carbocycles. The Bertz CT molecular complexity index is 509. The molecule has 0 heterocycles. The Hall–Kier alpha value is -1.96. The lowest BCUT2D eigenvalue weighted by atomic mass is 10.1. The molecule has 0 atom stereocenters. The third-order valence-electron chi connectivity index (χ3n) is 3.46. The van der Waals surface area contributed by atoms with Gasteiger partial charge in [0.2, 0.25) is 0 Å². The fraction of sp³-hybridized carbons (Fsp3) is 0.368. The highest BCUT2D eigenvalue weighted by molar-refractivity contribution is 5.49. The molecule has 0 bridgehead atoms. The number of rotatable bonds is 6. The van der Waals surface area contributed by atoms with Crippen LogP contribution in [0.5, 0.6) is 0 Å². The molecule has 0 unspecified atom stereocenters. The van der Waals surface area contributed by atoms with Gasteiger partial charge in [0.1, 0.15) is 0 Å². The predicted octanol–water partition coefficient (Wildman–Crippen LogP) is 4.83. The van der Waals surface area contributed by atoms with Crippen LogP contribution >= 0.6 is 0 Å². The van der Waals surface area contributed by atoms with Crippen molar-refractivity contribution in [2.45, 2.75) is 34.1 Å². The van der Waals surface area contributed by atoms with Crippen LogP contribution in [0.1, 0.15) is 28.7 Å². The molecule has 21 heavy (non-hydrogen) atoms. The van der Waals surface area contributed by atoms with Gasteiger partial charge in [0, 0.05) is 24.5 Å². The summed E-state index contributed by atoms with van der Waals surface area (Å²) in [6, 6.07) is 13.2. The van der Waals surface area contributed by atoms with Gasteiger partial charge in [-0.2, -0.15) is 0 Å². The highest BCUT2D eigenvalue weighted by Crippen LogP contribution is 2.15. The molecule has 2 N–H and O–H groups in total. The first-order valence-corrected chi connectivity index (χ1v) is 7.67. The van der Waals surface area contributed by atoms with Crippen LogP contribution < -0.4 is 10.6 Å².